The summed E-state index contributed by atoms with van der Waals surface area (Å²) in [5.74, 6) is 0.201. The van der Waals surface area contributed by atoms with E-state index in [1.807, 2.05) is 48.5 Å². The van der Waals surface area contributed by atoms with E-state index >= 15 is 0 Å². The van der Waals surface area contributed by atoms with Crippen LogP contribution in [0.4, 0.5) is 5.69 Å². The summed E-state index contributed by atoms with van der Waals surface area (Å²) in [6.07, 6.45) is 0.947. The van der Waals surface area contributed by atoms with Gasteiger partial charge in [0.1, 0.15) is 5.75 Å². The maximum Gasteiger partial charge on any atom is 0.325 e. The number of para-hydroxylation sites is 1. The number of hydrogen-bond donors (Lipinski definition) is 4. The van der Waals surface area contributed by atoms with Crippen molar-refractivity contribution in [2.45, 2.75) is 32.2 Å². The minimum atomic E-state index is -4.03. The predicted molar refractivity (Wildman–Crippen MR) is 117 cm³/mol. The Hall–Kier alpha value is -2.60. The van der Waals surface area contributed by atoms with Gasteiger partial charge in [-0.2, -0.15) is 0 Å². The molecule has 8 heteroatoms. The Morgan fingerprint density at radius 1 is 1.20 bits per heavy atom. The van der Waals surface area contributed by atoms with Crippen molar-refractivity contribution in [2.75, 3.05) is 18.1 Å². The zero-order valence-corrected chi connectivity index (χ0v) is 17.8. The van der Waals surface area contributed by atoms with Crippen molar-refractivity contribution in [3.05, 3.63) is 65.2 Å². The van der Waals surface area contributed by atoms with Crippen LogP contribution in [0.2, 0.25) is 0 Å². The molecule has 1 aliphatic carbocycles. The highest BCUT2D eigenvalue weighted by molar-refractivity contribution is 7.51. The normalized spacial score (nSPS) is 15.8. The van der Waals surface area contributed by atoms with Crippen molar-refractivity contribution in [3.63, 3.8) is 0 Å². The fourth-order valence-corrected chi connectivity index (χ4v) is 4.34. The lowest BCUT2D eigenvalue weighted by molar-refractivity contribution is -0.117. The molecule has 0 aliphatic heterocycles. The monoisotopic (exact) mass is 430 g/mol. The third-order valence-corrected chi connectivity index (χ3v) is 5.97. The molecule has 160 valence electrons. The zero-order valence-electron chi connectivity index (χ0n) is 16.9. The topological polar surface area (TPSA) is 122 Å². The zero-order chi connectivity index (χ0) is 21.7. The number of carbonyl (C=O) groups excluding carboxylic acids is 1. The van der Waals surface area contributed by atoms with Gasteiger partial charge in [-0.05, 0) is 59.4 Å². The second-order valence-corrected chi connectivity index (χ2v) is 9.06. The van der Waals surface area contributed by atoms with Crippen molar-refractivity contribution in [3.8, 4) is 5.75 Å². The maximum absolute atomic E-state index is 11.7. The van der Waals surface area contributed by atoms with E-state index in [1.165, 1.54) is 0 Å². The van der Waals surface area contributed by atoms with E-state index in [1.54, 1.807) is 0 Å². The number of amides is 1. The molecule has 0 fully saturated rings. The van der Waals surface area contributed by atoms with E-state index < -0.39 is 13.5 Å². The molecule has 1 atom stereocenters. The quantitative estimate of drug-likeness (QED) is 0.336. The number of fused-ring (bicyclic) bond motifs is 1. The van der Waals surface area contributed by atoms with Gasteiger partial charge in [-0.3, -0.25) is 9.36 Å². The summed E-state index contributed by atoms with van der Waals surface area (Å²) in [4.78, 5) is 29.7. The summed E-state index contributed by atoms with van der Waals surface area (Å²) in [5, 5.41) is 3.55. The van der Waals surface area contributed by atoms with Crippen LogP contribution in [0.3, 0.4) is 0 Å². The van der Waals surface area contributed by atoms with Gasteiger partial charge in [0.05, 0.1) is 25.2 Å². The Labute approximate surface area is 176 Å². The lowest BCUT2D eigenvalue weighted by Gasteiger charge is -2.20. The summed E-state index contributed by atoms with van der Waals surface area (Å²) in [6.45, 7) is 2.26. The first-order chi connectivity index (χ1) is 14.3. The van der Waals surface area contributed by atoms with E-state index in [0.29, 0.717) is 5.75 Å². The highest BCUT2D eigenvalue weighted by Crippen LogP contribution is 2.46. The summed E-state index contributed by atoms with van der Waals surface area (Å²) < 4.78 is 16.7. The number of benzene rings is 2. The highest BCUT2D eigenvalue weighted by atomic mass is 31.2. The van der Waals surface area contributed by atoms with Gasteiger partial charge < -0.3 is 25.6 Å². The first-order valence-corrected chi connectivity index (χ1v) is 11.7. The van der Waals surface area contributed by atoms with Crippen LogP contribution in [0.15, 0.2) is 54.1 Å². The smallest absolute Gasteiger partial charge is 0.325 e. The maximum atomic E-state index is 11.7. The Kier molecular flexibility index (Phi) is 6.98. The molecule has 0 heterocycles. The highest BCUT2D eigenvalue weighted by Gasteiger charge is 2.31. The molecule has 30 heavy (non-hydrogen) atoms. The van der Waals surface area contributed by atoms with Crippen LogP contribution in [0, 0.1) is 0 Å². The molecule has 2 aromatic carbocycles. The van der Waals surface area contributed by atoms with E-state index in [-0.39, 0.29) is 31.7 Å². The van der Waals surface area contributed by atoms with Gasteiger partial charge in [0.15, 0.2) is 0 Å². The molecule has 5 N–H and O–H groups in total. The third kappa shape index (κ3) is 5.51. The van der Waals surface area contributed by atoms with Crippen LogP contribution in [0.1, 0.15) is 43.4 Å². The number of anilines is 1. The number of nitrogens with one attached hydrogen (secondary N) is 1. The van der Waals surface area contributed by atoms with Gasteiger partial charge >= 0.3 is 7.60 Å². The van der Waals surface area contributed by atoms with Crippen LogP contribution in [-0.4, -0.2) is 28.5 Å². The molecule has 1 unspecified atom stereocenters. The van der Waals surface area contributed by atoms with Gasteiger partial charge in [-0.15, -0.1) is 0 Å². The van der Waals surface area contributed by atoms with Gasteiger partial charge in [-0.1, -0.05) is 31.2 Å². The van der Waals surface area contributed by atoms with Crippen LogP contribution in [0.25, 0.3) is 5.57 Å². The minimum absolute atomic E-state index is 0.0644. The van der Waals surface area contributed by atoms with Crippen molar-refractivity contribution >= 4 is 24.8 Å². The average Bonchev–Trinajstić information content (AvgIpc) is 2.97. The number of rotatable bonds is 10. The molecular weight excluding hydrogens is 403 g/mol. The molecular formula is C22H27N2O5P. The summed E-state index contributed by atoms with van der Waals surface area (Å²) in [7, 11) is -4.03. The fraction of sp³-hybridized carbons (Fsp3) is 0.318. The SMILES string of the molecule is CCC1=C(CC(N)=O)c2cc(OCCCP(=O)(O)O)ccc2C1Nc1ccccc1. The second kappa shape index (κ2) is 9.47. The molecule has 1 amide bonds. The lowest BCUT2D eigenvalue weighted by atomic mass is 10.0. The van der Waals surface area contributed by atoms with Crippen molar-refractivity contribution in [1.82, 2.24) is 0 Å². The number of hydrogen-bond acceptors (Lipinski definition) is 4. The van der Waals surface area contributed by atoms with Crippen molar-refractivity contribution in [1.29, 1.82) is 0 Å². The van der Waals surface area contributed by atoms with E-state index in [4.69, 9.17) is 20.3 Å². The number of primary amides is 1. The molecule has 3 rings (SSSR count). The van der Waals surface area contributed by atoms with Gasteiger partial charge in [0, 0.05) is 5.69 Å². The fourth-order valence-electron chi connectivity index (χ4n) is 3.80. The van der Waals surface area contributed by atoms with Gasteiger partial charge in [-0.25, -0.2) is 0 Å². The van der Waals surface area contributed by atoms with Gasteiger partial charge in [0.25, 0.3) is 0 Å². The predicted octanol–water partition coefficient (Wildman–Crippen LogP) is 3.84. The van der Waals surface area contributed by atoms with Crippen molar-refractivity contribution < 1.29 is 23.9 Å². The van der Waals surface area contributed by atoms with Crippen LogP contribution >= 0.6 is 7.60 Å². The van der Waals surface area contributed by atoms with E-state index in [2.05, 4.69) is 12.2 Å². The third-order valence-electron chi connectivity index (χ3n) is 5.08. The summed E-state index contributed by atoms with van der Waals surface area (Å²) in [6, 6.07) is 15.5. The molecule has 0 aromatic heterocycles. The lowest BCUT2D eigenvalue weighted by Crippen LogP contribution is -2.12. The first-order valence-electron chi connectivity index (χ1n) is 9.92. The Balaban J connectivity index is 1.87. The Morgan fingerprint density at radius 2 is 1.93 bits per heavy atom. The number of ether oxygens (including phenoxy) is 1. The van der Waals surface area contributed by atoms with Crippen LogP contribution in [0.5, 0.6) is 5.75 Å². The molecule has 0 bridgehead atoms. The average molecular weight is 430 g/mol. The molecule has 0 spiro atoms. The van der Waals surface area contributed by atoms with E-state index in [0.717, 1.165) is 34.4 Å². The molecule has 7 nitrogen and oxygen atoms in total. The Morgan fingerprint density at radius 3 is 2.57 bits per heavy atom. The molecule has 0 saturated carbocycles. The molecule has 0 radical (unpaired) electrons. The van der Waals surface area contributed by atoms with Crippen molar-refractivity contribution in [2.24, 2.45) is 5.73 Å². The molecule has 2 aromatic rings. The second-order valence-electron chi connectivity index (χ2n) is 7.28. The standard InChI is InChI=1S/C22H27N2O5P/c1-2-17-20(14-21(23)25)19-13-16(29-11-6-12-30(26,27)28)9-10-18(19)22(17)24-15-7-4-3-5-8-15/h3-5,7-10,13,22,24H,2,6,11-12,14H2,1H3,(H2,23,25)(H2,26,27,28). The van der Waals surface area contributed by atoms with E-state index in [9.17, 15) is 9.36 Å². The molecule has 1 aliphatic rings. The molecule has 0 saturated heterocycles. The van der Waals surface area contributed by atoms with Crippen LogP contribution < -0.4 is 15.8 Å². The summed E-state index contributed by atoms with van der Waals surface area (Å²) in [5.41, 5.74) is 10.5. The summed E-state index contributed by atoms with van der Waals surface area (Å²) >= 11 is 0. The number of carbonyl (C=O) groups is 1. The first kappa shape index (κ1) is 22.1. The van der Waals surface area contributed by atoms with Crippen LogP contribution in [-0.2, 0) is 9.36 Å². The Bertz CT molecular complexity index is 984. The number of nitrogens with two attached hydrogens (primary N) is 1. The minimum Gasteiger partial charge on any atom is -0.494 e. The van der Waals surface area contributed by atoms with Gasteiger partial charge in [0.2, 0.25) is 5.91 Å². The largest absolute Gasteiger partial charge is 0.494 e.